The Morgan fingerprint density at radius 2 is 2.08 bits per heavy atom. The van der Waals surface area contributed by atoms with E-state index in [0.29, 0.717) is 42.2 Å². The molecule has 3 rings (SSSR count). The summed E-state index contributed by atoms with van der Waals surface area (Å²) in [6.45, 7) is 7.90. The zero-order valence-corrected chi connectivity index (χ0v) is 16.5. The van der Waals surface area contributed by atoms with Gasteiger partial charge in [-0.25, -0.2) is 9.78 Å². The highest BCUT2D eigenvalue weighted by Crippen LogP contribution is 2.23. The summed E-state index contributed by atoms with van der Waals surface area (Å²) in [6, 6.07) is 6.45. The second kappa shape index (κ2) is 7.04. The van der Waals surface area contributed by atoms with Crippen molar-refractivity contribution in [3.8, 4) is 11.4 Å². The highest BCUT2D eigenvalue weighted by Gasteiger charge is 2.13. The van der Waals surface area contributed by atoms with Crippen LogP contribution < -0.4 is 5.76 Å². The molecule has 2 aromatic heterocycles. The van der Waals surface area contributed by atoms with Gasteiger partial charge in [-0.1, -0.05) is 0 Å². The first-order chi connectivity index (χ1) is 12.3. The molecule has 0 bridgehead atoms. The van der Waals surface area contributed by atoms with Crippen LogP contribution in [0.3, 0.4) is 0 Å². The van der Waals surface area contributed by atoms with Gasteiger partial charge in [0.15, 0.2) is 11.9 Å². The molecule has 8 heteroatoms. The van der Waals surface area contributed by atoms with Gasteiger partial charge in [-0.15, -0.1) is 14.1 Å². The molecule has 0 saturated carbocycles. The Labute approximate surface area is 152 Å². The Morgan fingerprint density at radius 3 is 2.77 bits per heavy atom. The monoisotopic (exact) mass is 373 g/mol. The van der Waals surface area contributed by atoms with E-state index in [9.17, 15) is 9.59 Å². The van der Waals surface area contributed by atoms with Gasteiger partial charge in [0, 0.05) is 25.4 Å². The van der Waals surface area contributed by atoms with Crippen molar-refractivity contribution in [2.75, 3.05) is 6.61 Å². The highest BCUT2D eigenvalue weighted by molar-refractivity contribution is 6.76. The lowest BCUT2D eigenvalue weighted by molar-refractivity contribution is 0.0882. The zero-order valence-electron chi connectivity index (χ0n) is 15.5. The number of hydrogen-bond donors (Lipinski definition) is 0. The Hall–Kier alpha value is -2.45. The number of oxazole rings is 1. The van der Waals surface area contributed by atoms with Gasteiger partial charge in [-0.2, -0.15) is 19.6 Å². The number of nitrogens with zero attached hydrogens (tertiary/aromatic N) is 3. The average molecular weight is 373 g/mol. The predicted molar refractivity (Wildman–Crippen MR) is 102 cm³/mol. The largest absolute Gasteiger partial charge is 0.419 e. The Balaban J connectivity index is 1.89. The topological polar surface area (TPSA) is 79.3 Å². The van der Waals surface area contributed by atoms with Crippen molar-refractivity contribution in [3.63, 3.8) is 0 Å². The Morgan fingerprint density at radius 1 is 1.31 bits per heavy atom. The summed E-state index contributed by atoms with van der Waals surface area (Å²) in [4.78, 5) is 27.2. The fourth-order valence-corrected chi connectivity index (χ4v) is 3.39. The van der Waals surface area contributed by atoms with Crippen molar-refractivity contribution in [3.05, 3.63) is 40.6 Å². The number of hydrogen-bond acceptors (Lipinski definition) is 5. The number of ether oxygens (including phenoxy) is 1. The van der Waals surface area contributed by atoms with Crippen LogP contribution >= 0.6 is 0 Å². The van der Waals surface area contributed by atoms with Crippen LogP contribution in [0.5, 0.6) is 0 Å². The molecule has 26 heavy (non-hydrogen) atoms. The summed E-state index contributed by atoms with van der Waals surface area (Å²) in [5.74, 6) is 0.208. The number of rotatable bonds is 7. The maximum atomic E-state index is 11.7. The molecule has 2 heterocycles. The lowest BCUT2D eigenvalue weighted by Gasteiger charge is -2.26. The smallest absolute Gasteiger partial charge is 0.408 e. The molecule has 7 nitrogen and oxygen atoms in total. The number of carbonyl (C=O) groups is 1. The molecule has 0 fully saturated rings. The number of carbonyl (C=O) groups excluding carboxylic acids is 1. The lowest BCUT2D eigenvalue weighted by atomic mass is 10.2. The van der Waals surface area contributed by atoms with Crippen LogP contribution in [0.1, 0.15) is 10.5 Å². The third kappa shape index (κ3) is 3.86. The third-order valence-electron chi connectivity index (χ3n) is 4.19. The van der Waals surface area contributed by atoms with Crippen LogP contribution in [0.25, 0.3) is 22.5 Å². The molecule has 0 amide bonds. The van der Waals surface area contributed by atoms with E-state index in [1.807, 2.05) is 16.7 Å². The van der Waals surface area contributed by atoms with Gasteiger partial charge in [-0.05, 0) is 18.2 Å². The summed E-state index contributed by atoms with van der Waals surface area (Å²) in [5, 5.41) is 0. The number of imidazole rings is 1. The van der Waals surface area contributed by atoms with Gasteiger partial charge in [-0.3, -0.25) is 9.36 Å². The van der Waals surface area contributed by atoms with E-state index in [4.69, 9.17) is 9.15 Å². The van der Waals surface area contributed by atoms with Gasteiger partial charge in [0.1, 0.15) is 18.2 Å². The third-order valence-corrected chi connectivity index (χ3v) is 5.90. The van der Waals surface area contributed by atoms with Crippen LogP contribution in [0.2, 0.25) is 25.7 Å². The van der Waals surface area contributed by atoms with Crippen molar-refractivity contribution < 1.29 is 13.9 Å². The lowest BCUT2D eigenvalue weighted by Crippen LogP contribution is -2.22. The molecular formula is C18H23N3O4Si-. The van der Waals surface area contributed by atoms with E-state index in [1.54, 1.807) is 19.3 Å². The fourth-order valence-electron chi connectivity index (χ4n) is 2.63. The normalized spacial score (nSPS) is 12.0. The standard InChI is InChI=1S/C18H23N3O4Si/c1-20-15-9-13(5-6-16(15)25-18(20)23)17-19-14(11-22)10-21(17)12-24-7-8-26(2,3)4/h5-6,9-11H,7-8,12H2,1-4H3/q-1. The molecule has 0 unspecified atom stereocenters. The predicted octanol–water partition coefficient (Wildman–Crippen LogP) is 3.12. The van der Waals surface area contributed by atoms with Gasteiger partial charge < -0.3 is 13.7 Å². The van der Waals surface area contributed by atoms with E-state index < -0.39 is 13.8 Å². The minimum atomic E-state index is -1.16. The molecule has 139 valence electrons. The number of fused-ring (bicyclic) bond motifs is 1. The molecule has 0 radical (unpaired) electrons. The van der Waals surface area contributed by atoms with Crippen LogP contribution in [0.4, 0.5) is 0 Å². The molecule has 0 saturated heterocycles. The molecule has 0 N–H and O–H groups in total. The summed E-state index contributed by atoms with van der Waals surface area (Å²) in [6.07, 6.45) is 2.39. The van der Waals surface area contributed by atoms with Crippen molar-refractivity contribution in [1.29, 1.82) is 0 Å². The number of aromatic nitrogens is 3. The highest BCUT2D eigenvalue weighted by atomic mass is 28.3. The molecule has 0 atom stereocenters. The van der Waals surface area contributed by atoms with E-state index >= 15 is 0 Å². The van der Waals surface area contributed by atoms with E-state index in [0.717, 1.165) is 11.6 Å². The molecule has 0 aliphatic heterocycles. The van der Waals surface area contributed by atoms with Crippen LogP contribution in [0.15, 0.2) is 33.6 Å². The minimum absolute atomic E-state index is 0.322. The molecule has 0 aliphatic rings. The minimum Gasteiger partial charge on any atom is -0.408 e. The van der Waals surface area contributed by atoms with Crippen molar-refractivity contribution >= 4 is 25.5 Å². The first-order valence-corrected chi connectivity index (χ1v) is 12.2. The van der Waals surface area contributed by atoms with E-state index in [-0.39, 0.29) is 0 Å². The number of benzene rings is 1. The SMILES string of the molecule is Cn1c(=O)oc2ccc(-c3nc(C=O)cn3COCC[Si-](C)(C)C)cc21. The molecule has 3 aromatic rings. The summed E-state index contributed by atoms with van der Waals surface area (Å²) >= 11 is 0. The summed E-state index contributed by atoms with van der Waals surface area (Å²) in [7, 11) is 0.496. The summed E-state index contributed by atoms with van der Waals surface area (Å²) in [5.41, 5.74) is 2.32. The first-order valence-electron chi connectivity index (χ1n) is 8.48. The Kier molecular flexibility index (Phi) is 4.97. The van der Waals surface area contributed by atoms with E-state index in [1.165, 1.54) is 4.57 Å². The van der Waals surface area contributed by atoms with Crippen LogP contribution in [-0.4, -0.2) is 35.1 Å². The average Bonchev–Trinajstić information content (AvgIpc) is 3.12. The second-order valence-electron chi connectivity index (χ2n) is 7.53. The molecule has 1 aromatic carbocycles. The number of aryl methyl sites for hydroxylation is 1. The Bertz CT molecular complexity index is 994. The quantitative estimate of drug-likeness (QED) is 0.361. The van der Waals surface area contributed by atoms with Gasteiger partial charge in [0.2, 0.25) is 0 Å². The van der Waals surface area contributed by atoms with Gasteiger partial charge >= 0.3 is 5.76 Å². The van der Waals surface area contributed by atoms with Gasteiger partial charge in [0.25, 0.3) is 0 Å². The number of aldehydes is 1. The second-order valence-corrected chi connectivity index (χ2v) is 13.2. The fraction of sp³-hybridized carbons (Fsp3) is 0.389. The molecular weight excluding hydrogens is 350 g/mol. The van der Waals surface area contributed by atoms with Gasteiger partial charge in [0.05, 0.1) is 5.52 Å². The maximum Gasteiger partial charge on any atom is 0.419 e. The summed E-state index contributed by atoms with van der Waals surface area (Å²) < 4.78 is 14.2. The molecule has 0 aliphatic carbocycles. The van der Waals surface area contributed by atoms with Crippen molar-refractivity contribution in [1.82, 2.24) is 14.1 Å². The van der Waals surface area contributed by atoms with E-state index in [2.05, 4.69) is 24.6 Å². The van der Waals surface area contributed by atoms with Crippen LogP contribution in [-0.2, 0) is 18.5 Å². The molecule has 0 spiro atoms. The van der Waals surface area contributed by atoms with Crippen molar-refractivity contribution in [2.45, 2.75) is 32.4 Å². The van der Waals surface area contributed by atoms with Crippen LogP contribution in [0, 0.1) is 0 Å². The maximum absolute atomic E-state index is 11.7. The zero-order chi connectivity index (χ0) is 18.9. The first kappa shape index (κ1) is 18.3. The van der Waals surface area contributed by atoms with Crippen molar-refractivity contribution in [2.24, 2.45) is 7.05 Å².